The molecular formula is C35H40N4O2. The molecule has 212 valence electrons. The molecule has 1 aliphatic heterocycles. The molecule has 4 aromatic rings. The number of unbranched alkanes of at least 4 members (excludes halogenated alkanes) is 1. The Kier molecular flexibility index (Phi) is 8.31. The largest absolute Gasteiger partial charge is 0.385 e. The number of para-hydroxylation sites is 1. The Balaban J connectivity index is 1.10. The first-order valence-electron chi connectivity index (χ1n) is 15.0. The van der Waals surface area contributed by atoms with Crippen molar-refractivity contribution in [3.05, 3.63) is 96.1 Å². The van der Waals surface area contributed by atoms with Crippen LogP contribution in [-0.4, -0.2) is 68.8 Å². The highest BCUT2D eigenvalue weighted by Gasteiger charge is 2.48. The number of benzene rings is 3. The summed E-state index contributed by atoms with van der Waals surface area (Å²) in [5, 5.41) is 4.45. The van der Waals surface area contributed by atoms with E-state index in [2.05, 4.69) is 100 Å². The van der Waals surface area contributed by atoms with Gasteiger partial charge in [-0.2, -0.15) is 0 Å². The average Bonchev–Trinajstić information content (AvgIpc) is 3.32. The molecule has 0 atom stereocenters. The molecule has 0 bridgehead atoms. The summed E-state index contributed by atoms with van der Waals surface area (Å²) >= 11 is 0. The quantitative estimate of drug-likeness (QED) is 0.246. The van der Waals surface area contributed by atoms with Crippen molar-refractivity contribution in [2.75, 3.05) is 57.9 Å². The maximum Gasteiger partial charge on any atom is 0.235 e. The lowest BCUT2D eigenvalue weighted by molar-refractivity contribution is -0.125. The Bertz CT molecular complexity index is 1450. The first-order valence-corrected chi connectivity index (χ1v) is 15.0. The normalized spacial score (nSPS) is 16.0. The second kappa shape index (κ2) is 12.4. The first kappa shape index (κ1) is 27.4. The van der Waals surface area contributed by atoms with Crippen LogP contribution in [-0.2, 0) is 14.9 Å². The van der Waals surface area contributed by atoms with Gasteiger partial charge in [-0.25, -0.2) is 4.98 Å². The number of piperazine rings is 1. The lowest BCUT2D eigenvalue weighted by atomic mass is 9.73. The standard InChI is InChI=1S/C35H40N4O2/c1-41-26-10-20-36-34(40)35(30-14-5-3-12-28(30)29-13-4-6-15-31(29)35)19-8-9-21-38-22-24-39(25-23-38)33-18-17-27-11-2-7-16-32(27)37-33/h2-7,11-18H,8-10,19-26H2,1H3,(H,36,40). The predicted molar refractivity (Wildman–Crippen MR) is 166 cm³/mol. The van der Waals surface area contributed by atoms with E-state index in [-0.39, 0.29) is 5.91 Å². The van der Waals surface area contributed by atoms with Crippen molar-refractivity contribution in [3.8, 4) is 11.1 Å². The number of hydrogen-bond acceptors (Lipinski definition) is 5. The second-order valence-corrected chi connectivity index (χ2v) is 11.2. The molecule has 3 aromatic carbocycles. The molecule has 41 heavy (non-hydrogen) atoms. The molecule has 2 heterocycles. The van der Waals surface area contributed by atoms with Crippen molar-refractivity contribution in [3.63, 3.8) is 0 Å². The number of rotatable bonds is 11. The Hall–Kier alpha value is -3.74. The molecule has 1 aliphatic carbocycles. The van der Waals surface area contributed by atoms with Gasteiger partial charge in [-0.05, 0) is 66.3 Å². The van der Waals surface area contributed by atoms with E-state index in [0.29, 0.717) is 13.2 Å². The summed E-state index contributed by atoms with van der Waals surface area (Å²) in [5.41, 5.74) is 5.06. The second-order valence-electron chi connectivity index (χ2n) is 11.2. The van der Waals surface area contributed by atoms with Crippen LogP contribution in [0.3, 0.4) is 0 Å². The fraction of sp³-hybridized carbons (Fsp3) is 0.371. The average molecular weight is 549 g/mol. The van der Waals surface area contributed by atoms with Gasteiger partial charge in [-0.3, -0.25) is 9.69 Å². The topological polar surface area (TPSA) is 57.7 Å². The summed E-state index contributed by atoms with van der Waals surface area (Å²) in [6.07, 6.45) is 3.66. The number of fused-ring (bicyclic) bond motifs is 4. The van der Waals surface area contributed by atoms with Crippen LogP contribution in [0.25, 0.3) is 22.0 Å². The van der Waals surface area contributed by atoms with Gasteiger partial charge < -0.3 is 15.0 Å². The molecular weight excluding hydrogens is 508 g/mol. The third-order valence-corrected chi connectivity index (χ3v) is 8.82. The monoisotopic (exact) mass is 548 g/mol. The van der Waals surface area contributed by atoms with Crippen LogP contribution in [0.5, 0.6) is 0 Å². The number of nitrogens with zero attached hydrogens (tertiary/aromatic N) is 3. The molecule has 0 saturated carbocycles. The molecule has 0 unspecified atom stereocenters. The van der Waals surface area contributed by atoms with E-state index in [1.165, 1.54) is 16.5 Å². The minimum Gasteiger partial charge on any atom is -0.385 e. The SMILES string of the molecule is COCCCNC(=O)C1(CCCCN2CCN(c3ccc4ccccc4n3)CC2)c2ccccc2-c2ccccc21. The van der Waals surface area contributed by atoms with E-state index in [1.807, 2.05) is 0 Å². The van der Waals surface area contributed by atoms with Crippen LogP contribution in [0.15, 0.2) is 84.9 Å². The van der Waals surface area contributed by atoms with E-state index < -0.39 is 5.41 Å². The van der Waals surface area contributed by atoms with Crippen LogP contribution in [0.1, 0.15) is 36.8 Å². The van der Waals surface area contributed by atoms with E-state index >= 15 is 0 Å². The lowest BCUT2D eigenvalue weighted by Crippen LogP contribution is -2.47. The summed E-state index contributed by atoms with van der Waals surface area (Å²) in [5.74, 6) is 1.18. The zero-order chi connectivity index (χ0) is 28.1. The third-order valence-electron chi connectivity index (χ3n) is 8.82. The number of carbonyl (C=O) groups is 1. The van der Waals surface area contributed by atoms with Crippen molar-refractivity contribution in [2.45, 2.75) is 31.1 Å². The number of carbonyl (C=O) groups excluding carboxylic acids is 1. The number of pyridine rings is 1. The molecule has 1 N–H and O–H groups in total. The lowest BCUT2D eigenvalue weighted by Gasteiger charge is -2.36. The molecule has 0 radical (unpaired) electrons. The summed E-state index contributed by atoms with van der Waals surface area (Å²) in [4.78, 5) is 23.9. The Morgan fingerprint density at radius 2 is 1.51 bits per heavy atom. The van der Waals surface area contributed by atoms with Gasteiger partial charge in [0.25, 0.3) is 0 Å². The summed E-state index contributed by atoms with van der Waals surface area (Å²) in [6.45, 7) is 6.35. The number of ether oxygens (including phenoxy) is 1. The van der Waals surface area contributed by atoms with Crippen LogP contribution in [0.2, 0.25) is 0 Å². The first-order chi connectivity index (χ1) is 20.2. The Morgan fingerprint density at radius 1 is 0.829 bits per heavy atom. The van der Waals surface area contributed by atoms with E-state index in [0.717, 1.165) is 80.9 Å². The fourth-order valence-electron chi connectivity index (χ4n) is 6.68. The highest BCUT2D eigenvalue weighted by atomic mass is 16.5. The predicted octanol–water partition coefficient (Wildman–Crippen LogP) is 5.65. The highest BCUT2D eigenvalue weighted by Crippen LogP contribution is 2.51. The van der Waals surface area contributed by atoms with Gasteiger partial charge in [0.15, 0.2) is 0 Å². The van der Waals surface area contributed by atoms with Crippen molar-refractivity contribution in [2.24, 2.45) is 0 Å². The zero-order valence-electron chi connectivity index (χ0n) is 24.0. The van der Waals surface area contributed by atoms with Crippen LogP contribution >= 0.6 is 0 Å². The number of nitrogens with one attached hydrogen (secondary N) is 1. The summed E-state index contributed by atoms with van der Waals surface area (Å²) in [6, 6.07) is 29.6. The summed E-state index contributed by atoms with van der Waals surface area (Å²) in [7, 11) is 1.70. The maximum absolute atomic E-state index is 14.0. The van der Waals surface area contributed by atoms with E-state index in [1.54, 1.807) is 7.11 Å². The van der Waals surface area contributed by atoms with Crippen LogP contribution in [0.4, 0.5) is 5.82 Å². The van der Waals surface area contributed by atoms with Gasteiger partial charge in [0.2, 0.25) is 5.91 Å². The molecule has 6 rings (SSSR count). The van der Waals surface area contributed by atoms with Crippen molar-refractivity contribution in [1.82, 2.24) is 15.2 Å². The molecule has 0 spiro atoms. The molecule has 1 saturated heterocycles. The molecule has 2 aliphatic rings. The van der Waals surface area contributed by atoms with Crippen LogP contribution < -0.4 is 10.2 Å². The number of aromatic nitrogens is 1. The zero-order valence-corrected chi connectivity index (χ0v) is 24.0. The Labute approximate surface area is 243 Å². The van der Waals surface area contributed by atoms with Crippen molar-refractivity contribution >= 4 is 22.6 Å². The van der Waals surface area contributed by atoms with Gasteiger partial charge in [-0.1, -0.05) is 73.2 Å². The maximum atomic E-state index is 14.0. The number of hydrogen-bond donors (Lipinski definition) is 1. The third kappa shape index (κ3) is 5.46. The van der Waals surface area contributed by atoms with Gasteiger partial charge in [0, 0.05) is 51.8 Å². The molecule has 1 aromatic heterocycles. The number of anilines is 1. The molecule has 1 fully saturated rings. The summed E-state index contributed by atoms with van der Waals surface area (Å²) < 4.78 is 5.21. The smallest absolute Gasteiger partial charge is 0.235 e. The fourth-order valence-corrected chi connectivity index (χ4v) is 6.68. The number of methoxy groups -OCH3 is 1. The van der Waals surface area contributed by atoms with Gasteiger partial charge >= 0.3 is 0 Å². The van der Waals surface area contributed by atoms with Crippen LogP contribution in [0, 0.1) is 0 Å². The van der Waals surface area contributed by atoms with Crippen molar-refractivity contribution in [1.29, 1.82) is 0 Å². The molecule has 6 heteroatoms. The minimum atomic E-state index is -0.652. The molecule has 6 nitrogen and oxygen atoms in total. The van der Waals surface area contributed by atoms with E-state index in [9.17, 15) is 4.79 Å². The number of amides is 1. The van der Waals surface area contributed by atoms with Gasteiger partial charge in [-0.15, -0.1) is 0 Å². The highest BCUT2D eigenvalue weighted by molar-refractivity contribution is 6.00. The van der Waals surface area contributed by atoms with Gasteiger partial charge in [0.1, 0.15) is 11.2 Å². The Morgan fingerprint density at radius 3 is 2.24 bits per heavy atom. The van der Waals surface area contributed by atoms with E-state index in [4.69, 9.17) is 9.72 Å². The molecule has 1 amide bonds. The van der Waals surface area contributed by atoms with Gasteiger partial charge in [0.05, 0.1) is 5.52 Å². The minimum absolute atomic E-state index is 0.113. The van der Waals surface area contributed by atoms with Crippen molar-refractivity contribution < 1.29 is 9.53 Å².